The van der Waals surface area contributed by atoms with E-state index in [1.165, 1.54) is 36.8 Å². The van der Waals surface area contributed by atoms with Gasteiger partial charge in [0.25, 0.3) is 0 Å². The highest BCUT2D eigenvalue weighted by Gasteiger charge is 2.13. The lowest BCUT2D eigenvalue weighted by atomic mass is 9.95. The first-order valence-electron chi connectivity index (χ1n) is 15.4. The Morgan fingerprint density at radius 1 is 0.314 bits per heavy atom. The van der Waals surface area contributed by atoms with E-state index in [4.69, 9.17) is 4.98 Å². The first kappa shape index (κ1) is 32.1. The lowest BCUT2D eigenvalue weighted by molar-refractivity contribution is 0.0685. The number of hydrogen-bond donors (Lipinski definition) is 3. The van der Waals surface area contributed by atoms with Gasteiger partial charge in [-0.15, -0.1) is 0 Å². The monoisotopic (exact) mass is 672 g/mol. The quantitative estimate of drug-likeness (QED) is 0.141. The van der Waals surface area contributed by atoms with Crippen LogP contribution in [0, 0.1) is 0 Å². The summed E-state index contributed by atoms with van der Waals surface area (Å²) in [7, 11) is 0. The van der Waals surface area contributed by atoms with Gasteiger partial charge in [0, 0.05) is 59.4 Å². The van der Waals surface area contributed by atoms with Crippen molar-refractivity contribution in [3.63, 3.8) is 0 Å². The van der Waals surface area contributed by atoms with E-state index in [9.17, 15) is 29.7 Å². The normalized spacial score (nSPS) is 10.8. The van der Waals surface area contributed by atoms with Crippen LogP contribution in [0.25, 0.3) is 67.5 Å². The molecule has 0 saturated carbocycles. The molecule has 12 nitrogen and oxygen atoms in total. The highest BCUT2D eigenvalue weighted by Crippen LogP contribution is 2.33. The molecule has 0 amide bonds. The van der Waals surface area contributed by atoms with Crippen LogP contribution in [0.3, 0.4) is 0 Å². The maximum atomic E-state index is 11.2. The third kappa shape index (κ3) is 6.91. The number of rotatable bonds is 9. The zero-order chi connectivity index (χ0) is 35.5. The molecule has 0 fully saturated rings. The van der Waals surface area contributed by atoms with E-state index in [0.717, 1.165) is 33.4 Å². The van der Waals surface area contributed by atoms with E-state index in [2.05, 4.69) is 24.9 Å². The van der Waals surface area contributed by atoms with Crippen molar-refractivity contribution in [2.24, 2.45) is 0 Å². The van der Waals surface area contributed by atoms with Gasteiger partial charge in [0.1, 0.15) is 0 Å². The van der Waals surface area contributed by atoms with Crippen LogP contribution >= 0.6 is 0 Å². The Morgan fingerprint density at radius 3 is 0.941 bits per heavy atom. The molecular weight excluding hydrogens is 648 g/mol. The molecule has 0 saturated heterocycles. The number of nitrogens with zero attached hydrogens (tertiary/aromatic N) is 6. The molecule has 7 rings (SSSR count). The van der Waals surface area contributed by atoms with Crippen LogP contribution in [-0.2, 0) is 0 Å². The summed E-state index contributed by atoms with van der Waals surface area (Å²) >= 11 is 0. The lowest BCUT2D eigenvalue weighted by Gasteiger charge is -2.12. The predicted molar refractivity (Wildman–Crippen MR) is 187 cm³/mol. The van der Waals surface area contributed by atoms with Gasteiger partial charge in [0.15, 0.2) is 0 Å². The number of carbonyl (C=O) groups is 3. The molecule has 0 aliphatic rings. The van der Waals surface area contributed by atoms with Crippen LogP contribution in [0.2, 0.25) is 0 Å². The average molecular weight is 673 g/mol. The highest BCUT2D eigenvalue weighted by atomic mass is 16.4. The smallest absolute Gasteiger partial charge is 0.337 e. The van der Waals surface area contributed by atoms with Gasteiger partial charge in [-0.05, 0) is 90.0 Å². The molecule has 0 unspecified atom stereocenters. The Labute approximate surface area is 289 Å². The molecule has 1 aromatic carbocycles. The van der Waals surface area contributed by atoms with Crippen LogP contribution in [0.1, 0.15) is 31.1 Å². The topological polar surface area (TPSA) is 189 Å². The lowest BCUT2D eigenvalue weighted by Crippen LogP contribution is -1.97. The van der Waals surface area contributed by atoms with Crippen molar-refractivity contribution in [1.29, 1.82) is 0 Å². The summed E-state index contributed by atoms with van der Waals surface area (Å²) in [5.41, 5.74) is 8.65. The minimum atomic E-state index is -1.06. The van der Waals surface area contributed by atoms with Gasteiger partial charge in [0.2, 0.25) is 0 Å². The van der Waals surface area contributed by atoms with Crippen molar-refractivity contribution in [3.8, 4) is 67.5 Å². The van der Waals surface area contributed by atoms with Crippen molar-refractivity contribution in [2.75, 3.05) is 0 Å². The predicted octanol–water partition coefficient (Wildman–Crippen LogP) is 7.15. The summed E-state index contributed by atoms with van der Waals surface area (Å²) in [6.45, 7) is 0. The Bertz CT molecular complexity index is 2110. The molecule has 0 spiro atoms. The fourth-order valence-electron chi connectivity index (χ4n) is 5.29. The molecule has 246 valence electrons. The van der Waals surface area contributed by atoms with Crippen molar-refractivity contribution in [1.82, 2.24) is 29.9 Å². The third-order valence-electron chi connectivity index (χ3n) is 8.04. The molecule has 0 aliphatic carbocycles. The SMILES string of the molecule is O=C(O)c1ccc(-c2ccc(-c3cc(-c4ccc(-c5ccc(C(=O)O)cn5)nc4)cc(-c4ccc(-c5ccc(C(=O)O)cn5)nc4)c3)nc2)nc1. The minimum Gasteiger partial charge on any atom is -0.478 e. The molecule has 3 N–H and O–H groups in total. The van der Waals surface area contributed by atoms with E-state index < -0.39 is 17.9 Å². The summed E-state index contributed by atoms with van der Waals surface area (Å²) < 4.78 is 0. The number of carboxylic acids is 3. The van der Waals surface area contributed by atoms with Gasteiger partial charge in [-0.2, -0.15) is 0 Å². The van der Waals surface area contributed by atoms with E-state index in [1.54, 1.807) is 36.8 Å². The average Bonchev–Trinajstić information content (AvgIpc) is 3.18. The zero-order valence-corrected chi connectivity index (χ0v) is 26.4. The molecule has 6 aromatic heterocycles. The van der Waals surface area contributed by atoms with Gasteiger partial charge in [-0.1, -0.05) is 12.1 Å². The van der Waals surface area contributed by atoms with Gasteiger partial charge < -0.3 is 15.3 Å². The number of aromatic carboxylic acids is 3. The first-order valence-corrected chi connectivity index (χ1v) is 15.4. The number of pyridine rings is 6. The molecule has 0 radical (unpaired) electrons. The fraction of sp³-hybridized carbons (Fsp3) is 0. The number of carboxylic acid groups (broad SMARTS) is 3. The van der Waals surface area contributed by atoms with E-state index >= 15 is 0 Å². The van der Waals surface area contributed by atoms with Gasteiger partial charge in [-0.25, -0.2) is 14.4 Å². The zero-order valence-electron chi connectivity index (χ0n) is 26.4. The summed E-state index contributed by atoms with van der Waals surface area (Å²) in [6.07, 6.45) is 9.03. The van der Waals surface area contributed by atoms with Crippen molar-refractivity contribution in [2.45, 2.75) is 0 Å². The maximum Gasteiger partial charge on any atom is 0.337 e. The van der Waals surface area contributed by atoms with Gasteiger partial charge in [-0.3, -0.25) is 29.9 Å². The Hall–Kier alpha value is -7.47. The van der Waals surface area contributed by atoms with Crippen LogP contribution in [0.15, 0.2) is 128 Å². The molecule has 51 heavy (non-hydrogen) atoms. The number of benzene rings is 1. The summed E-state index contributed by atoms with van der Waals surface area (Å²) in [6, 6.07) is 26.5. The van der Waals surface area contributed by atoms with Gasteiger partial charge >= 0.3 is 17.9 Å². The summed E-state index contributed by atoms with van der Waals surface area (Å²) in [5, 5.41) is 27.6. The van der Waals surface area contributed by atoms with E-state index in [1.807, 2.05) is 54.6 Å². The maximum absolute atomic E-state index is 11.2. The third-order valence-corrected chi connectivity index (χ3v) is 8.04. The van der Waals surface area contributed by atoms with Crippen LogP contribution in [-0.4, -0.2) is 63.1 Å². The highest BCUT2D eigenvalue weighted by molar-refractivity contribution is 5.89. The largest absolute Gasteiger partial charge is 0.478 e. The number of hydrogen-bond acceptors (Lipinski definition) is 9. The van der Waals surface area contributed by atoms with Crippen LogP contribution < -0.4 is 0 Å². The van der Waals surface area contributed by atoms with E-state index in [0.29, 0.717) is 34.2 Å². The van der Waals surface area contributed by atoms with Crippen LogP contribution in [0.4, 0.5) is 0 Å². The standard InChI is InChI=1S/C39H24N6O6/c46-37(47)25-4-8-31(41-19-25)24-3-7-32(40-18-24)30-14-28(22-1-9-33(42-16-22)35-11-5-26(20-44-35)38(48)49)13-29(15-30)23-2-10-34(43-17-23)36-12-6-27(21-45-36)39(50)51/h1-21H,(H,46,47)(H,48,49)(H,50,51). The van der Waals surface area contributed by atoms with Crippen molar-refractivity contribution in [3.05, 3.63) is 145 Å². The Kier molecular flexibility index (Phi) is 8.54. The van der Waals surface area contributed by atoms with Crippen LogP contribution in [0.5, 0.6) is 0 Å². The van der Waals surface area contributed by atoms with E-state index in [-0.39, 0.29) is 16.7 Å². The molecular formula is C39H24N6O6. The second kappa shape index (κ2) is 13.6. The fourth-order valence-corrected chi connectivity index (χ4v) is 5.29. The molecule has 12 heteroatoms. The Balaban J connectivity index is 1.24. The van der Waals surface area contributed by atoms with Crippen molar-refractivity contribution >= 4 is 17.9 Å². The van der Waals surface area contributed by atoms with Crippen molar-refractivity contribution < 1.29 is 29.7 Å². The first-order chi connectivity index (χ1) is 24.7. The molecule has 0 aliphatic heterocycles. The number of aromatic nitrogens is 6. The molecule has 0 bridgehead atoms. The molecule has 0 atom stereocenters. The summed E-state index contributed by atoms with van der Waals surface area (Å²) in [5.74, 6) is -3.16. The Morgan fingerprint density at radius 2 is 0.608 bits per heavy atom. The summed E-state index contributed by atoms with van der Waals surface area (Å²) in [4.78, 5) is 60.4. The van der Waals surface area contributed by atoms with Gasteiger partial charge in [0.05, 0.1) is 50.9 Å². The molecule has 7 aromatic rings. The molecule has 6 heterocycles. The minimum absolute atomic E-state index is 0.0867. The second-order valence-electron chi connectivity index (χ2n) is 11.3. The second-order valence-corrected chi connectivity index (χ2v) is 11.3.